The van der Waals surface area contributed by atoms with Crippen molar-refractivity contribution >= 4 is 0 Å². The van der Waals surface area contributed by atoms with Gasteiger partial charge in [-0.05, 0) is 53.3 Å². The number of hydrogen-bond acceptors (Lipinski definition) is 1. The van der Waals surface area contributed by atoms with Gasteiger partial charge in [0, 0.05) is 0 Å². The number of hydrogen-bond donors (Lipinski definition) is 1. The smallest absolute Gasteiger partial charge is 0.00366 e. The van der Waals surface area contributed by atoms with E-state index in [1.807, 2.05) is 0 Å². The molecule has 17 heavy (non-hydrogen) atoms. The van der Waals surface area contributed by atoms with Crippen molar-refractivity contribution in [3.63, 3.8) is 0 Å². The van der Waals surface area contributed by atoms with E-state index in [1.165, 1.54) is 18.4 Å². The maximum Gasteiger partial charge on any atom is -0.00366 e. The third-order valence-corrected chi connectivity index (χ3v) is 4.35. The fraction of sp³-hybridized carbons (Fsp3) is 0.625. The highest BCUT2D eigenvalue weighted by molar-refractivity contribution is 5.46. The van der Waals surface area contributed by atoms with Crippen molar-refractivity contribution in [1.29, 1.82) is 0 Å². The maximum absolute atomic E-state index is 5.75. The van der Waals surface area contributed by atoms with E-state index in [1.54, 1.807) is 11.1 Å². The normalized spacial score (nSPS) is 21.0. The van der Waals surface area contributed by atoms with Gasteiger partial charge in [-0.25, -0.2) is 0 Å². The second-order valence-corrected chi connectivity index (χ2v) is 6.65. The number of rotatable bonds is 2. The van der Waals surface area contributed by atoms with Gasteiger partial charge in [-0.1, -0.05) is 45.9 Å². The Balaban J connectivity index is 2.62. The van der Waals surface area contributed by atoms with E-state index in [-0.39, 0.29) is 0 Å². The summed E-state index contributed by atoms with van der Waals surface area (Å²) in [4.78, 5) is 0. The van der Waals surface area contributed by atoms with Crippen LogP contribution in [-0.4, -0.2) is 6.54 Å². The summed E-state index contributed by atoms with van der Waals surface area (Å²) in [7, 11) is 0. The van der Waals surface area contributed by atoms with Crippen LogP contribution in [-0.2, 0) is 17.3 Å². The van der Waals surface area contributed by atoms with Crippen LogP contribution in [0.25, 0.3) is 0 Å². The van der Waals surface area contributed by atoms with Crippen molar-refractivity contribution in [3.8, 4) is 0 Å². The molecule has 1 aromatic rings. The Morgan fingerprint density at radius 2 is 1.71 bits per heavy atom. The van der Waals surface area contributed by atoms with Gasteiger partial charge in [0.1, 0.15) is 0 Å². The first kappa shape index (κ1) is 12.6. The van der Waals surface area contributed by atoms with Crippen LogP contribution in [0.1, 0.15) is 57.2 Å². The zero-order chi connectivity index (χ0) is 12.7. The molecule has 0 aliphatic heterocycles. The van der Waals surface area contributed by atoms with Gasteiger partial charge >= 0.3 is 0 Å². The lowest BCUT2D eigenvalue weighted by Crippen LogP contribution is -2.35. The van der Waals surface area contributed by atoms with E-state index in [4.69, 9.17) is 5.73 Å². The van der Waals surface area contributed by atoms with Crippen LogP contribution in [0.3, 0.4) is 0 Å². The summed E-state index contributed by atoms with van der Waals surface area (Å²) in [6.45, 7) is 10.2. The predicted octanol–water partition coefficient (Wildman–Crippen LogP) is 3.54. The van der Waals surface area contributed by atoms with Crippen molar-refractivity contribution in [2.75, 3.05) is 6.54 Å². The van der Waals surface area contributed by atoms with Crippen LogP contribution < -0.4 is 5.73 Å². The van der Waals surface area contributed by atoms with E-state index in [0.29, 0.717) is 10.8 Å². The monoisotopic (exact) mass is 231 g/mol. The standard InChI is InChI=1S/C16H25N/c1-15(2)9-10-16(3,4)14-12(8-11-17)6-5-7-13(14)15/h5-7H,8-11,17H2,1-4H3. The number of fused-ring (bicyclic) bond motifs is 1. The van der Waals surface area contributed by atoms with Crippen LogP contribution in [0.4, 0.5) is 0 Å². The molecule has 0 amide bonds. The minimum atomic E-state index is 0.302. The van der Waals surface area contributed by atoms with Crippen molar-refractivity contribution in [1.82, 2.24) is 0 Å². The average Bonchev–Trinajstić information content (AvgIpc) is 2.25. The summed E-state index contributed by atoms with van der Waals surface area (Å²) in [5.41, 5.74) is 10.9. The first-order valence-corrected chi connectivity index (χ1v) is 6.71. The molecule has 1 aliphatic carbocycles. The zero-order valence-corrected chi connectivity index (χ0v) is 11.6. The minimum absolute atomic E-state index is 0.302. The second-order valence-electron chi connectivity index (χ2n) is 6.65. The molecular formula is C16H25N. The molecule has 0 radical (unpaired) electrons. The second kappa shape index (κ2) is 4.13. The molecule has 0 aromatic heterocycles. The summed E-state index contributed by atoms with van der Waals surface area (Å²) in [5, 5.41) is 0. The van der Waals surface area contributed by atoms with Crippen molar-refractivity contribution in [2.24, 2.45) is 5.73 Å². The Bertz CT molecular complexity index is 416. The largest absolute Gasteiger partial charge is 0.330 e. The number of benzene rings is 1. The Kier molecular flexibility index (Phi) is 3.07. The summed E-state index contributed by atoms with van der Waals surface area (Å²) in [6, 6.07) is 6.78. The molecule has 94 valence electrons. The third kappa shape index (κ3) is 2.13. The van der Waals surface area contributed by atoms with Crippen LogP contribution in [0.5, 0.6) is 0 Å². The van der Waals surface area contributed by atoms with Crippen LogP contribution >= 0.6 is 0 Å². The molecule has 0 spiro atoms. The van der Waals surface area contributed by atoms with E-state index < -0.39 is 0 Å². The molecule has 0 heterocycles. The molecule has 0 saturated heterocycles. The summed E-state index contributed by atoms with van der Waals surface area (Å²) < 4.78 is 0. The molecule has 0 fully saturated rings. The van der Waals surface area contributed by atoms with Gasteiger partial charge in [-0.15, -0.1) is 0 Å². The highest BCUT2D eigenvalue weighted by Gasteiger charge is 2.37. The molecule has 0 bridgehead atoms. The van der Waals surface area contributed by atoms with Gasteiger partial charge < -0.3 is 5.73 Å². The Morgan fingerprint density at radius 1 is 1.06 bits per heavy atom. The van der Waals surface area contributed by atoms with E-state index >= 15 is 0 Å². The van der Waals surface area contributed by atoms with Gasteiger partial charge in [-0.2, -0.15) is 0 Å². The lowest BCUT2D eigenvalue weighted by molar-refractivity contribution is 0.329. The highest BCUT2D eigenvalue weighted by atomic mass is 14.5. The van der Waals surface area contributed by atoms with Gasteiger partial charge in [0.2, 0.25) is 0 Å². The fourth-order valence-electron chi connectivity index (χ4n) is 3.21. The van der Waals surface area contributed by atoms with E-state index in [9.17, 15) is 0 Å². The molecule has 0 atom stereocenters. The zero-order valence-electron chi connectivity index (χ0n) is 11.6. The molecule has 0 saturated carbocycles. The maximum atomic E-state index is 5.75. The first-order valence-electron chi connectivity index (χ1n) is 6.71. The van der Waals surface area contributed by atoms with Crippen LogP contribution in [0.15, 0.2) is 18.2 Å². The first-order chi connectivity index (χ1) is 7.88. The molecule has 1 aliphatic rings. The molecular weight excluding hydrogens is 206 g/mol. The molecule has 2 rings (SSSR count). The highest BCUT2D eigenvalue weighted by Crippen LogP contribution is 2.46. The third-order valence-electron chi connectivity index (χ3n) is 4.35. The quantitative estimate of drug-likeness (QED) is 0.828. The topological polar surface area (TPSA) is 26.0 Å². The summed E-state index contributed by atoms with van der Waals surface area (Å²) in [6.07, 6.45) is 3.55. The molecule has 1 aromatic carbocycles. The van der Waals surface area contributed by atoms with E-state index in [0.717, 1.165) is 13.0 Å². The molecule has 1 nitrogen and oxygen atoms in total. The van der Waals surface area contributed by atoms with Gasteiger partial charge in [0.05, 0.1) is 0 Å². The lowest BCUT2D eigenvalue weighted by Gasteiger charge is -2.43. The molecule has 2 N–H and O–H groups in total. The van der Waals surface area contributed by atoms with Crippen molar-refractivity contribution in [3.05, 3.63) is 34.9 Å². The SMILES string of the molecule is CC1(C)CCC(C)(C)c2c(CCN)cccc21. The van der Waals surface area contributed by atoms with Crippen molar-refractivity contribution in [2.45, 2.75) is 57.8 Å². The summed E-state index contributed by atoms with van der Waals surface area (Å²) >= 11 is 0. The van der Waals surface area contributed by atoms with Crippen molar-refractivity contribution < 1.29 is 0 Å². The fourth-order valence-corrected chi connectivity index (χ4v) is 3.21. The van der Waals surface area contributed by atoms with E-state index in [2.05, 4.69) is 45.9 Å². The Morgan fingerprint density at radius 3 is 2.35 bits per heavy atom. The lowest BCUT2D eigenvalue weighted by atomic mass is 9.62. The van der Waals surface area contributed by atoms with Crippen LogP contribution in [0, 0.1) is 0 Å². The number of nitrogens with two attached hydrogens (primary N) is 1. The average molecular weight is 231 g/mol. The van der Waals surface area contributed by atoms with Gasteiger partial charge in [-0.3, -0.25) is 0 Å². The Labute approximate surface area is 105 Å². The molecule has 1 heteroatoms. The van der Waals surface area contributed by atoms with Crippen LogP contribution in [0.2, 0.25) is 0 Å². The Hall–Kier alpha value is -0.820. The minimum Gasteiger partial charge on any atom is -0.330 e. The van der Waals surface area contributed by atoms with Gasteiger partial charge in [0.15, 0.2) is 0 Å². The van der Waals surface area contributed by atoms with Gasteiger partial charge in [0.25, 0.3) is 0 Å². The predicted molar refractivity (Wildman–Crippen MR) is 74.5 cm³/mol. The molecule has 0 unspecified atom stereocenters. The summed E-state index contributed by atoms with van der Waals surface area (Å²) in [5.74, 6) is 0.